The molecular weight excluding hydrogens is 951 g/mol. The minimum Gasteiger partial charge on any atom is -0.351 e. The van der Waals surface area contributed by atoms with Crippen LogP contribution in [-0.2, 0) is 27.9 Å². The third kappa shape index (κ3) is 9.77. The molecule has 0 atom stereocenters. The van der Waals surface area contributed by atoms with Crippen molar-refractivity contribution < 1.29 is 22.8 Å². The number of anilines is 4. The first-order valence-corrected chi connectivity index (χ1v) is 25.7. The standard InChI is InChI=1S/C44H37N13O5S5/c58-39(49-43-47-31-16-15-29(22-34(31)65-43)54-67(61,62)36-14-7-21-63-36)32-23-30-25-55(19-9-20-56(30)52-32)18-8-17-45-40(59)35-24-46-42(66-35)51-50-38-37(28-12-5-2-6-13-28)53-57(41(38)60)44-48-33(26-64-44)27-10-3-1-4-11-27/h1-7,10-16,21-24,26,54H,8-9,17-20,25H2,(H,45,59)(H,46,51)(H,47,49,58)/b50-38+. The quantitative estimate of drug-likeness (QED) is 0.0584. The Morgan fingerprint density at radius 1 is 0.851 bits per heavy atom. The number of carbonyl (C=O) groups excluding carboxylic acids is 3. The van der Waals surface area contributed by atoms with Gasteiger partial charge in [-0.3, -0.25) is 39.4 Å². The summed E-state index contributed by atoms with van der Waals surface area (Å²) in [5.41, 5.74) is 7.89. The summed E-state index contributed by atoms with van der Waals surface area (Å²) in [7, 11) is -3.71. The lowest BCUT2D eigenvalue weighted by Crippen LogP contribution is -2.29. The van der Waals surface area contributed by atoms with Crippen LogP contribution in [0.1, 0.15) is 44.3 Å². The third-order valence-electron chi connectivity index (χ3n) is 10.5. The van der Waals surface area contributed by atoms with Crippen molar-refractivity contribution in [3.63, 3.8) is 0 Å². The first-order chi connectivity index (χ1) is 32.6. The highest BCUT2D eigenvalue weighted by atomic mass is 32.2. The zero-order chi connectivity index (χ0) is 45.9. The average molecular weight is 988 g/mol. The molecule has 2 aliphatic heterocycles. The molecule has 5 aromatic heterocycles. The Bertz CT molecular complexity index is 3290. The van der Waals surface area contributed by atoms with E-state index in [4.69, 9.17) is 0 Å². The number of hydrazone groups is 2. The van der Waals surface area contributed by atoms with Crippen LogP contribution >= 0.6 is 45.3 Å². The van der Waals surface area contributed by atoms with Crippen molar-refractivity contribution in [1.82, 2.24) is 34.9 Å². The highest BCUT2D eigenvalue weighted by Crippen LogP contribution is 2.32. The van der Waals surface area contributed by atoms with E-state index in [0.717, 1.165) is 52.6 Å². The van der Waals surface area contributed by atoms with Gasteiger partial charge in [-0.15, -0.1) is 22.7 Å². The number of hydrogen-bond acceptors (Lipinski definition) is 17. The summed E-state index contributed by atoms with van der Waals surface area (Å²) >= 11 is 4.79. The van der Waals surface area contributed by atoms with Crippen molar-refractivity contribution in [3.05, 3.63) is 136 Å². The molecule has 8 aromatic rings. The second-order valence-electron chi connectivity index (χ2n) is 15.1. The number of thiophene rings is 1. The van der Waals surface area contributed by atoms with E-state index in [2.05, 4.69) is 55.9 Å². The molecule has 4 N–H and O–H groups in total. The fraction of sp³-hybridized carbons (Fsp3) is 0.159. The van der Waals surface area contributed by atoms with Gasteiger partial charge in [0, 0.05) is 49.2 Å². The van der Waals surface area contributed by atoms with E-state index in [-0.39, 0.29) is 21.5 Å². The molecular formula is C44H37N13O5S5. The molecule has 0 fully saturated rings. The molecule has 67 heavy (non-hydrogen) atoms. The highest BCUT2D eigenvalue weighted by Gasteiger charge is 2.36. The molecule has 0 unspecified atom stereocenters. The van der Waals surface area contributed by atoms with Gasteiger partial charge in [-0.25, -0.2) is 23.4 Å². The maximum absolute atomic E-state index is 13.8. The normalized spacial score (nSPS) is 14.8. The number of benzene rings is 3. The first kappa shape index (κ1) is 43.9. The van der Waals surface area contributed by atoms with Crippen LogP contribution in [0.2, 0.25) is 0 Å². The minimum atomic E-state index is -3.71. The molecule has 18 nitrogen and oxygen atoms in total. The second kappa shape index (κ2) is 19.1. The largest absolute Gasteiger partial charge is 0.351 e. The van der Waals surface area contributed by atoms with E-state index >= 15 is 0 Å². The number of amides is 3. The van der Waals surface area contributed by atoms with Crippen LogP contribution in [0.3, 0.4) is 0 Å². The van der Waals surface area contributed by atoms with Crippen molar-refractivity contribution in [2.24, 2.45) is 10.2 Å². The monoisotopic (exact) mass is 987 g/mol. The second-order valence-corrected chi connectivity index (χ2v) is 20.8. The molecule has 10 rings (SSSR count). The first-order valence-electron chi connectivity index (χ1n) is 20.8. The topological polar surface area (TPSA) is 221 Å². The summed E-state index contributed by atoms with van der Waals surface area (Å²) in [6.45, 7) is 3.21. The van der Waals surface area contributed by atoms with Gasteiger partial charge in [0.2, 0.25) is 10.3 Å². The van der Waals surface area contributed by atoms with Crippen LogP contribution in [0, 0.1) is 0 Å². The number of hydrogen-bond donors (Lipinski definition) is 4. The summed E-state index contributed by atoms with van der Waals surface area (Å²) in [6.07, 6.45) is 2.99. The lowest BCUT2D eigenvalue weighted by atomic mass is 10.1. The van der Waals surface area contributed by atoms with Crippen LogP contribution in [-0.4, -0.2) is 86.8 Å². The van der Waals surface area contributed by atoms with Gasteiger partial charge in [-0.05, 0) is 48.6 Å². The smallest absolute Gasteiger partial charge is 0.303 e. The van der Waals surface area contributed by atoms with Gasteiger partial charge in [0.15, 0.2) is 16.5 Å². The molecule has 2 aliphatic rings. The van der Waals surface area contributed by atoms with Crippen molar-refractivity contribution >= 4 is 116 Å². The zero-order valence-electron chi connectivity index (χ0n) is 35.0. The molecule has 0 radical (unpaired) electrons. The van der Waals surface area contributed by atoms with Crippen molar-refractivity contribution in [2.75, 3.05) is 40.1 Å². The Balaban J connectivity index is 0.713. The number of aromatic nitrogens is 5. The summed E-state index contributed by atoms with van der Waals surface area (Å²) in [5, 5.41) is 25.4. The lowest BCUT2D eigenvalue weighted by molar-refractivity contribution is -0.112. The fourth-order valence-corrected chi connectivity index (χ4v) is 11.7. The van der Waals surface area contributed by atoms with Crippen LogP contribution in [0.4, 0.5) is 21.1 Å². The average Bonchev–Trinajstić information content (AvgIpc) is 4.21. The zero-order valence-corrected chi connectivity index (χ0v) is 39.1. The Morgan fingerprint density at radius 3 is 2.48 bits per heavy atom. The van der Waals surface area contributed by atoms with Gasteiger partial charge < -0.3 is 5.32 Å². The molecule has 0 saturated carbocycles. The van der Waals surface area contributed by atoms with Crippen LogP contribution in [0.15, 0.2) is 128 Å². The number of aryl methyl sites for hydroxylation is 1. The van der Waals surface area contributed by atoms with Gasteiger partial charge in [-0.1, -0.05) is 89.4 Å². The fourth-order valence-electron chi connectivity index (χ4n) is 7.30. The highest BCUT2D eigenvalue weighted by molar-refractivity contribution is 7.94. The van der Waals surface area contributed by atoms with E-state index in [9.17, 15) is 22.8 Å². The van der Waals surface area contributed by atoms with E-state index in [1.807, 2.05) is 70.7 Å². The number of thiazole rings is 3. The van der Waals surface area contributed by atoms with E-state index in [1.54, 1.807) is 41.8 Å². The molecule has 0 aliphatic carbocycles. The number of sulfonamides is 1. The molecule has 23 heteroatoms. The molecule has 0 bridgehead atoms. The minimum absolute atomic E-state index is 0.0843. The van der Waals surface area contributed by atoms with Crippen LogP contribution in [0.25, 0.3) is 21.5 Å². The summed E-state index contributed by atoms with van der Waals surface area (Å²) in [5.74, 6) is -1.12. The Labute approximate surface area is 398 Å². The summed E-state index contributed by atoms with van der Waals surface area (Å²) < 4.78 is 30.8. The maximum Gasteiger partial charge on any atom is 0.303 e. The molecule has 7 heterocycles. The SMILES string of the molecule is O=C(Nc1nc2ccc(NS(=O)(=O)c3cccs3)cc2s1)c1cc2n(n1)CCCN(CCCNC(=O)c1cnc(N/N=C3/C(=O)N(c4nc(-c5ccccc5)cs4)N=C3c3ccccc3)s1)C2. The lowest BCUT2D eigenvalue weighted by Gasteiger charge is -2.19. The van der Waals surface area contributed by atoms with Crippen molar-refractivity contribution in [2.45, 2.75) is 30.1 Å². The van der Waals surface area contributed by atoms with Crippen molar-refractivity contribution in [3.8, 4) is 11.3 Å². The number of nitrogens with one attached hydrogen (secondary N) is 4. The Kier molecular flexibility index (Phi) is 12.5. The van der Waals surface area contributed by atoms with Gasteiger partial charge in [0.1, 0.15) is 14.8 Å². The molecule has 3 aromatic carbocycles. The van der Waals surface area contributed by atoms with Gasteiger partial charge in [0.25, 0.3) is 21.8 Å². The Hall–Kier alpha value is -7.02. The predicted octanol–water partition coefficient (Wildman–Crippen LogP) is 7.43. The molecule has 0 spiro atoms. The Morgan fingerprint density at radius 2 is 1.67 bits per heavy atom. The van der Waals surface area contributed by atoms with Gasteiger partial charge in [-0.2, -0.15) is 20.3 Å². The number of nitrogens with zero attached hydrogens (tertiary/aromatic N) is 9. The molecule has 0 saturated heterocycles. The van der Waals surface area contributed by atoms with Gasteiger partial charge in [0.05, 0.1) is 33.5 Å². The van der Waals surface area contributed by atoms with Crippen LogP contribution in [0.5, 0.6) is 0 Å². The number of carbonyl (C=O) groups is 3. The van der Waals surface area contributed by atoms with E-state index in [1.165, 1.54) is 33.9 Å². The molecule has 3 amide bonds. The number of rotatable bonds is 15. The molecule has 338 valence electrons. The van der Waals surface area contributed by atoms with Crippen molar-refractivity contribution in [1.29, 1.82) is 0 Å². The summed E-state index contributed by atoms with van der Waals surface area (Å²) in [4.78, 5) is 56.4. The number of fused-ring (bicyclic) bond motifs is 2. The van der Waals surface area contributed by atoms with Gasteiger partial charge >= 0.3 is 5.91 Å². The maximum atomic E-state index is 13.8. The van der Waals surface area contributed by atoms with Crippen LogP contribution < -0.4 is 25.8 Å². The van der Waals surface area contributed by atoms with E-state index in [0.29, 0.717) is 80.1 Å². The third-order valence-corrected chi connectivity index (χ3v) is 15.9. The van der Waals surface area contributed by atoms with E-state index < -0.39 is 21.8 Å². The summed E-state index contributed by atoms with van der Waals surface area (Å²) in [6, 6.07) is 29.0. The predicted molar refractivity (Wildman–Crippen MR) is 263 cm³/mol.